The minimum Gasteiger partial charge on any atom is -0.454 e. The largest absolute Gasteiger partial charge is 0.454 e. The van der Waals surface area contributed by atoms with Crippen LogP contribution in [-0.2, 0) is 4.79 Å². The summed E-state index contributed by atoms with van der Waals surface area (Å²) in [4.78, 5) is 39.5. The molecule has 2 N–H and O–H groups in total. The molecule has 4 aromatic rings. The van der Waals surface area contributed by atoms with Gasteiger partial charge in [-0.15, -0.1) is 0 Å². The first-order chi connectivity index (χ1) is 16.3. The number of rotatable bonds is 5. The third-order valence-electron chi connectivity index (χ3n) is 5.61. The Hall–Kier alpha value is -3.81. The molecule has 3 aromatic carbocycles. The van der Waals surface area contributed by atoms with E-state index in [0.717, 1.165) is 0 Å². The molecule has 1 unspecified atom stereocenters. The molecule has 34 heavy (non-hydrogen) atoms. The van der Waals surface area contributed by atoms with Crippen LogP contribution in [0.1, 0.15) is 27.5 Å². The van der Waals surface area contributed by atoms with Crippen LogP contribution in [0.3, 0.4) is 0 Å². The molecule has 1 aliphatic heterocycles. The maximum Gasteiger partial charge on any atom is 0.245 e. The van der Waals surface area contributed by atoms with Gasteiger partial charge in [0.05, 0.1) is 16.5 Å². The summed E-state index contributed by atoms with van der Waals surface area (Å²) in [6.45, 7) is -0.00710. The first kappa shape index (κ1) is 22.0. The molecule has 5 rings (SSSR count). The standard InChI is InChI=1S/C25H16Cl2N2O5/c26-15-5-1-13(2-6-15)22(25(28)32)29-11-18(23(30)14-3-7-16(27)8-4-14)24(31)17-9-20-21(10-19(17)29)34-12-33-20/h1-11,22H,12H2,(H2,28,32). The minimum atomic E-state index is -1.03. The van der Waals surface area contributed by atoms with Gasteiger partial charge in [0.1, 0.15) is 6.04 Å². The van der Waals surface area contributed by atoms with Crippen LogP contribution < -0.4 is 20.6 Å². The molecule has 0 spiro atoms. The number of primary amides is 1. The number of fused-ring (bicyclic) bond motifs is 2. The van der Waals surface area contributed by atoms with Crippen LogP contribution in [0.2, 0.25) is 10.0 Å². The van der Waals surface area contributed by atoms with Crippen LogP contribution in [-0.4, -0.2) is 23.1 Å². The van der Waals surface area contributed by atoms with Gasteiger partial charge in [0.2, 0.25) is 18.1 Å². The number of pyridine rings is 1. The van der Waals surface area contributed by atoms with E-state index in [9.17, 15) is 14.4 Å². The number of carbonyl (C=O) groups is 2. The lowest BCUT2D eigenvalue weighted by atomic mass is 9.99. The summed E-state index contributed by atoms with van der Waals surface area (Å²) >= 11 is 12.0. The molecule has 0 bridgehead atoms. The number of carbonyl (C=O) groups excluding carboxylic acids is 2. The Balaban J connectivity index is 1.80. The van der Waals surface area contributed by atoms with Gasteiger partial charge < -0.3 is 19.8 Å². The molecule has 1 aromatic heterocycles. The Morgan fingerprint density at radius 1 is 0.912 bits per heavy atom. The van der Waals surface area contributed by atoms with Gasteiger partial charge in [-0.1, -0.05) is 35.3 Å². The summed E-state index contributed by atoms with van der Waals surface area (Å²) in [6, 6.07) is 14.8. The summed E-state index contributed by atoms with van der Waals surface area (Å²) < 4.78 is 12.4. The summed E-state index contributed by atoms with van der Waals surface area (Å²) in [7, 11) is 0. The number of aromatic nitrogens is 1. The van der Waals surface area contributed by atoms with Crippen molar-refractivity contribution in [3.8, 4) is 11.5 Å². The zero-order valence-electron chi connectivity index (χ0n) is 17.5. The number of hydrogen-bond donors (Lipinski definition) is 1. The average molecular weight is 495 g/mol. The van der Waals surface area contributed by atoms with Crippen molar-refractivity contribution in [1.29, 1.82) is 0 Å². The zero-order chi connectivity index (χ0) is 24.0. The van der Waals surface area contributed by atoms with Crippen molar-refractivity contribution in [2.45, 2.75) is 6.04 Å². The van der Waals surface area contributed by atoms with Crippen molar-refractivity contribution in [2.24, 2.45) is 5.73 Å². The summed E-state index contributed by atoms with van der Waals surface area (Å²) in [5, 5.41) is 1.12. The Morgan fingerprint density at radius 3 is 2.12 bits per heavy atom. The molecule has 7 nitrogen and oxygen atoms in total. The maximum atomic E-state index is 13.4. The van der Waals surface area contributed by atoms with E-state index < -0.39 is 23.2 Å². The van der Waals surface area contributed by atoms with Crippen molar-refractivity contribution >= 4 is 45.8 Å². The fraction of sp³-hybridized carbons (Fsp3) is 0.0800. The van der Waals surface area contributed by atoms with Crippen LogP contribution >= 0.6 is 23.2 Å². The molecule has 170 valence electrons. The molecule has 1 atom stereocenters. The van der Waals surface area contributed by atoms with E-state index in [2.05, 4.69) is 0 Å². The van der Waals surface area contributed by atoms with Crippen LogP contribution in [0.5, 0.6) is 11.5 Å². The van der Waals surface area contributed by atoms with Gasteiger partial charge in [0, 0.05) is 27.9 Å². The van der Waals surface area contributed by atoms with E-state index >= 15 is 0 Å². The molecule has 0 aliphatic carbocycles. The highest BCUT2D eigenvalue weighted by molar-refractivity contribution is 6.31. The number of hydrogen-bond acceptors (Lipinski definition) is 5. The van der Waals surface area contributed by atoms with Crippen LogP contribution in [0.15, 0.2) is 71.7 Å². The lowest BCUT2D eigenvalue weighted by molar-refractivity contribution is -0.120. The van der Waals surface area contributed by atoms with Gasteiger partial charge in [0.25, 0.3) is 0 Å². The van der Waals surface area contributed by atoms with Crippen molar-refractivity contribution in [1.82, 2.24) is 4.57 Å². The number of benzene rings is 3. The topological polar surface area (TPSA) is 101 Å². The number of amides is 1. The van der Waals surface area contributed by atoms with Gasteiger partial charge in [0.15, 0.2) is 17.3 Å². The maximum absolute atomic E-state index is 13.4. The normalized spacial score (nSPS) is 13.1. The second-order valence-electron chi connectivity index (χ2n) is 7.69. The third kappa shape index (κ3) is 3.79. The number of ketones is 1. The van der Waals surface area contributed by atoms with Crippen LogP contribution in [0.4, 0.5) is 0 Å². The minimum absolute atomic E-state index is 0.00710. The number of halogens is 2. The Bertz CT molecular complexity index is 1510. The molecular weight excluding hydrogens is 479 g/mol. The lowest BCUT2D eigenvalue weighted by Gasteiger charge is -2.22. The molecule has 9 heteroatoms. The number of nitrogens with two attached hydrogens (primary N) is 1. The van der Waals surface area contributed by atoms with Crippen LogP contribution in [0, 0.1) is 0 Å². The van der Waals surface area contributed by atoms with Crippen molar-refractivity contribution < 1.29 is 19.1 Å². The van der Waals surface area contributed by atoms with Crippen molar-refractivity contribution in [3.05, 3.63) is 104 Å². The number of nitrogens with zero attached hydrogens (tertiary/aromatic N) is 1. The van der Waals surface area contributed by atoms with Crippen LogP contribution in [0.25, 0.3) is 10.9 Å². The summed E-state index contributed by atoms with van der Waals surface area (Å²) in [5.74, 6) is -0.421. The van der Waals surface area contributed by atoms with E-state index in [1.165, 1.54) is 29.0 Å². The van der Waals surface area contributed by atoms with E-state index in [1.807, 2.05) is 0 Å². The van der Waals surface area contributed by atoms with Crippen molar-refractivity contribution in [3.63, 3.8) is 0 Å². The lowest BCUT2D eigenvalue weighted by Crippen LogP contribution is -2.30. The summed E-state index contributed by atoms with van der Waals surface area (Å²) in [6.07, 6.45) is 1.36. The first-order valence-corrected chi connectivity index (χ1v) is 10.9. The monoisotopic (exact) mass is 494 g/mol. The molecule has 0 fully saturated rings. The zero-order valence-corrected chi connectivity index (χ0v) is 19.0. The Labute approximate surface area is 203 Å². The molecule has 0 saturated carbocycles. The molecule has 2 heterocycles. The van der Waals surface area contributed by atoms with E-state index in [0.29, 0.717) is 32.6 Å². The average Bonchev–Trinajstić information content (AvgIpc) is 3.28. The highest BCUT2D eigenvalue weighted by atomic mass is 35.5. The first-order valence-electron chi connectivity index (χ1n) is 10.2. The number of ether oxygens (including phenoxy) is 2. The second-order valence-corrected chi connectivity index (χ2v) is 8.57. The molecule has 0 saturated heterocycles. The molecule has 0 radical (unpaired) electrons. The molecular formula is C25H16Cl2N2O5. The third-order valence-corrected chi connectivity index (χ3v) is 6.11. The predicted octanol–water partition coefficient (Wildman–Crippen LogP) is 4.34. The van der Waals surface area contributed by atoms with Gasteiger partial charge in [-0.05, 0) is 48.0 Å². The van der Waals surface area contributed by atoms with Gasteiger partial charge in [-0.25, -0.2) is 0 Å². The summed E-state index contributed by atoms with van der Waals surface area (Å²) in [5.41, 5.74) is 6.33. The fourth-order valence-corrected chi connectivity index (χ4v) is 4.23. The second kappa shape index (κ2) is 8.52. The smallest absolute Gasteiger partial charge is 0.245 e. The molecule has 1 aliphatic rings. The highest BCUT2D eigenvalue weighted by Crippen LogP contribution is 2.37. The SMILES string of the molecule is NC(=O)C(c1ccc(Cl)cc1)n1cc(C(=O)c2ccc(Cl)cc2)c(=O)c2cc3c(cc21)OCO3. The van der Waals surface area contributed by atoms with E-state index in [-0.39, 0.29) is 23.3 Å². The highest BCUT2D eigenvalue weighted by Gasteiger charge is 2.27. The Morgan fingerprint density at radius 2 is 1.50 bits per heavy atom. The molecule has 1 amide bonds. The van der Waals surface area contributed by atoms with Crippen molar-refractivity contribution in [2.75, 3.05) is 6.79 Å². The van der Waals surface area contributed by atoms with E-state index in [4.69, 9.17) is 38.4 Å². The quantitative estimate of drug-likeness (QED) is 0.415. The van der Waals surface area contributed by atoms with Gasteiger partial charge >= 0.3 is 0 Å². The fourth-order valence-electron chi connectivity index (χ4n) is 3.98. The van der Waals surface area contributed by atoms with Gasteiger partial charge in [-0.3, -0.25) is 14.4 Å². The Kier molecular flexibility index (Phi) is 5.51. The van der Waals surface area contributed by atoms with Gasteiger partial charge in [-0.2, -0.15) is 0 Å². The van der Waals surface area contributed by atoms with E-state index in [1.54, 1.807) is 42.5 Å². The predicted molar refractivity (Wildman–Crippen MR) is 128 cm³/mol.